The molecule has 0 spiro atoms. The molecule has 1 aromatic rings. The molecule has 0 heterocycles. The highest BCUT2D eigenvalue weighted by atomic mass is 35.5. The van der Waals surface area contributed by atoms with Crippen LogP contribution < -0.4 is 0 Å². The standard InChI is InChI=1S/C8H6Cl2O2/c9-5-1-2-8(12)6(3-5)7(10)4-11/h1-4,7,12H. The lowest BCUT2D eigenvalue weighted by molar-refractivity contribution is -0.107. The number of aromatic hydroxyl groups is 1. The summed E-state index contributed by atoms with van der Waals surface area (Å²) in [5, 5.41) is 8.83. The third-order valence-corrected chi connectivity index (χ3v) is 1.98. The van der Waals surface area contributed by atoms with Crippen LogP contribution in [0.25, 0.3) is 0 Å². The molecule has 1 unspecified atom stereocenters. The van der Waals surface area contributed by atoms with E-state index in [9.17, 15) is 9.90 Å². The van der Waals surface area contributed by atoms with E-state index in [2.05, 4.69) is 0 Å². The van der Waals surface area contributed by atoms with Crippen LogP contribution in [0.15, 0.2) is 18.2 Å². The Hall–Kier alpha value is -0.730. The molecule has 1 atom stereocenters. The second-order valence-electron chi connectivity index (χ2n) is 2.24. The molecule has 0 saturated heterocycles. The Morgan fingerprint density at radius 2 is 2.17 bits per heavy atom. The summed E-state index contributed by atoms with van der Waals surface area (Å²) < 4.78 is 0. The Balaban J connectivity index is 3.12. The fourth-order valence-electron chi connectivity index (χ4n) is 0.820. The number of rotatable bonds is 2. The van der Waals surface area contributed by atoms with Crippen LogP contribution in [0.5, 0.6) is 5.75 Å². The number of benzene rings is 1. The lowest BCUT2D eigenvalue weighted by Gasteiger charge is -2.04. The molecule has 0 radical (unpaired) electrons. The number of hydrogen-bond donors (Lipinski definition) is 1. The van der Waals surface area contributed by atoms with E-state index >= 15 is 0 Å². The van der Waals surface area contributed by atoms with Gasteiger partial charge in [-0.2, -0.15) is 0 Å². The number of hydrogen-bond acceptors (Lipinski definition) is 2. The minimum atomic E-state index is -0.844. The van der Waals surface area contributed by atoms with Crippen LogP contribution in [-0.2, 0) is 4.79 Å². The van der Waals surface area contributed by atoms with Gasteiger partial charge in [-0.15, -0.1) is 11.6 Å². The van der Waals surface area contributed by atoms with Gasteiger partial charge in [-0.05, 0) is 18.2 Å². The first-order valence-electron chi connectivity index (χ1n) is 3.23. The number of phenols is 1. The molecule has 0 aliphatic rings. The molecule has 2 nitrogen and oxygen atoms in total. The lowest BCUT2D eigenvalue weighted by Crippen LogP contribution is -1.91. The largest absolute Gasteiger partial charge is 0.508 e. The number of halogens is 2. The van der Waals surface area contributed by atoms with Crippen LogP contribution in [0.3, 0.4) is 0 Å². The number of carbonyl (C=O) groups excluding carboxylic acids is 1. The van der Waals surface area contributed by atoms with Gasteiger partial charge in [0.1, 0.15) is 17.4 Å². The van der Waals surface area contributed by atoms with Crippen LogP contribution in [-0.4, -0.2) is 11.4 Å². The van der Waals surface area contributed by atoms with Gasteiger partial charge >= 0.3 is 0 Å². The molecule has 12 heavy (non-hydrogen) atoms. The van der Waals surface area contributed by atoms with Gasteiger partial charge in [-0.1, -0.05) is 11.6 Å². The van der Waals surface area contributed by atoms with E-state index < -0.39 is 5.38 Å². The molecule has 1 rings (SSSR count). The Morgan fingerprint density at radius 1 is 1.50 bits per heavy atom. The van der Waals surface area contributed by atoms with Gasteiger partial charge in [0.05, 0.1) is 0 Å². The molecule has 1 N–H and O–H groups in total. The molecule has 1 aromatic carbocycles. The van der Waals surface area contributed by atoms with Crippen molar-refractivity contribution < 1.29 is 9.90 Å². The van der Waals surface area contributed by atoms with Crippen LogP contribution >= 0.6 is 23.2 Å². The number of aldehydes is 1. The van der Waals surface area contributed by atoms with E-state index in [1.807, 2.05) is 0 Å². The average molecular weight is 205 g/mol. The molecular weight excluding hydrogens is 199 g/mol. The first kappa shape index (κ1) is 9.36. The van der Waals surface area contributed by atoms with E-state index in [1.54, 1.807) is 0 Å². The molecule has 0 aromatic heterocycles. The summed E-state index contributed by atoms with van der Waals surface area (Å²) >= 11 is 11.2. The monoisotopic (exact) mass is 204 g/mol. The van der Waals surface area contributed by atoms with E-state index in [0.29, 0.717) is 16.9 Å². The maximum atomic E-state index is 10.3. The maximum absolute atomic E-state index is 10.3. The summed E-state index contributed by atoms with van der Waals surface area (Å²) in [6.07, 6.45) is 0.535. The molecule has 64 valence electrons. The summed E-state index contributed by atoms with van der Waals surface area (Å²) in [6, 6.07) is 4.38. The van der Waals surface area contributed by atoms with Gasteiger partial charge in [-0.3, -0.25) is 0 Å². The van der Waals surface area contributed by atoms with Crippen molar-refractivity contribution in [2.45, 2.75) is 5.38 Å². The lowest BCUT2D eigenvalue weighted by atomic mass is 10.1. The number of alkyl halides is 1. The molecule has 0 bridgehead atoms. The molecule has 0 aliphatic carbocycles. The van der Waals surface area contributed by atoms with Gasteiger partial charge in [0.15, 0.2) is 0 Å². The van der Waals surface area contributed by atoms with Crippen LogP contribution in [0.1, 0.15) is 10.9 Å². The highest BCUT2D eigenvalue weighted by Crippen LogP contribution is 2.29. The fraction of sp³-hybridized carbons (Fsp3) is 0.125. The van der Waals surface area contributed by atoms with Gasteiger partial charge in [0.25, 0.3) is 0 Å². The van der Waals surface area contributed by atoms with Crippen LogP contribution in [0.4, 0.5) is 0 Å². The van der Waals surface area contributed by atoms with Crippen molar-refractivity contribution in [2.24, 2.45) is 0 Å². The Bertz CT molecular complexity index is 299. The van der Waals surface area contributed by atoms with Crippen molar-refractivity contribution >= 4 is 29.5 Å². The van der Waals surface area contributed by atoms with Crippen LogP contribution in [0, 0.1) is 0 Å². The highest BCUT2D eigenvalue weighted by Gasteiger charge is 2.11. The SMILES string of the molecule is O=CC(Cl)c1cc(Cl)ccc1O. The normalized spacial score (nSPS) is 12.5. The quantitative estimate of drug-likeness (QED) is 0.594. The molecular formula is C8H6Cl2O2. The summed E-state index contributed by atoms with van der Waals surface area (Å²) in [4.78, 5) is 10.3. The molecule has 0 fully saturated rings. The van der Waals surface area contributed by atoms with Gasteiger partial charge in [0, 0.05) is 10.6 Å². The van der Waals surface area contributed by atoms with E-state index in [0.717, 1.165) is 0 Å². The topological polar surface area (TPSA) is 37.3 Å². The zero-order valence-corrected chi connectivity index (χ0v) is 7.51. The van der Waals surface area contributed by atoms with Gasteiger partial charge < -0.3 is 9.90 Å². The number of carbonyl (C=O) groups is 1. The zero-order valence-electron chi connectivity index (χ0n) is 6.00. The minimum Gasteiger partial charge on any atom is -0.508 e. The van der Waals surface area contributed by atoms with Crippen molar-refractivity contribution in [1.29, 1.82) is 0 Å². The number of phenolic OH excluding ortho intramolecular Hbond substituents is 1. The second-order valence-corrected chi connectivity index (χ2v) is 3.15. The first-order chi connectivity index (χ1) is 5.65. The molecule has 0 amide bonds. The molecule has 0 saturated carbocycles. The summed E-state index contributed by atoms with van der Waals surface area (Å²) in [5.74, 6) is -0.0218. The summed E-state index contributed by atoms with van der Waals surface area (Å²) in [5.41, 5.74) is 0.333. The Kier molecular flexibility index (Phi) is 2.95. The van der Waals surface area contributed by atoms with Crippen molar-refractivity contribution in [3.63, 3.8) is 0 Å². The smallest absolute Gasteiger partial charge is 0.142 e. The zero-order chi connectivity index (χ0) is 9.14. The first-order valence-corrected chi connectivity index (χ1v) is 4.04. The molecule has 0 aliphatic heterocycles. The third-order valence-electron chi connectivity index (χ3n) is 1.41. The Labute approximate surface area is 79.7 Å². The Morgan fingerprint density at radius 3 is 2.75 bits per heavy atom. The summed E-state index contributed by atoms with van der Waals surface area (Å²) in [6.45, 7) is 0. The average Bonchev–Trinajstić information content (AvgIpc) is 2.08. The van der Waals surface area contributed by atoms with E-state index in [1.165, 1.54) is 18.2 Å². The predicted molar refractivity (Wildman–Crippen MR) is 47.8 cm³/mol. The van der Waals surface area contributed by atoms with Gasteiger partial charge in [0.2, 0.25) is 0 Å². The van der Waals surface area contributed by atoms with Crippen molar-refractivity contribution in [1.82, 2.24) is 0 Å². The fourth-order valence-corrected chi connectivity index (χ4v) is 1.17. The maximum Gasteiger partial charge on any atom is 0.142 e. The summed E-state index contributed by atoms with van der Waals surface area (Å²) in [7, 11) is 0. The van der Waals surface area contributed by atoms with Crippen molar-refractivity contribution in [2.75, 3.05) is 0 Å². The minimum absolute atomic E-state index is 0.0218. The predicted octanol–water partition coefficient (Wildman–Crippen LogP) is 2.52. The third kappa shape index (κ3) is 1.90. The van der Waals surface area contributed by atoms with E-state index in [4.69, 9.17) is 23.2 Å². The van der Waals surface area contributed by atoms with Crippen molar-refractivity contribution in [3.05, 3.63) is 28.8 Å². The van der Waals surface area contributed by atoms with E-state index in [-0.39, 0.29) is 5.75 Å². The molecule has 4 heteroatoms. The van der Waals surface area contributed by atoms with Gasteiger partial charge in [-0.25, -0.2) is 0 Å². The van der Waals surface area contributed by atoms with Crippen molar-refractivity contribution in [3.8, 4) is 5.75 Å². The highest BCUT2D eigenvalue weighted by molar-refractivity contribution is 6.31. The second kappa shape index (κ2) is 3.78. The van der Waals surface area contributed by atoms with Crippen LogP contribution in [0.2, 0.25) is 5.02 Å².